The summed E-state index contributed by atoms with van der Waals surface area (Å²) in [7, 11) is 0. The summed E-state index contributed by atoms with van der Waals surface area (Å²) in [5, 5.41) is 18.7. The highest BCUT2D eigenvalue weighted by Crippen LogP contribution is 2.36. The minimum absolute atomic E-state index is 0.0177. The largest absolute Gasteiger partial charge is 0.514 e. The molecule has 4 rings (SSSR count). The molecular formula is C36H52O11. The normalized spacial score (nSPS) is 24.2. The lowest BCUT2D eigenvalue weighted by Gasteiger charge is -2.38. The van der Waals surface area contributed by atoms with Crippen LogP contribution in [0, 0.1) is 0 Å². The van der Waals surface area contributed by atoms with Gasteiger partial charge in [0.05, 0.1) is 31.0 Å². The van der Waals surface area contributed by atoms with Crippen molar-refractivity contribution < 1.29 is 53.0 Å². The van der Waals surface area contributed by atoms with E-state index in [1.54, 1.807) is 52.0 Å². The first-order valence-corrected chi connectivity index (χ1v) is 16.5. The quantitative estimate of drug-likeness (QED) is 0.196. The molecule has 2 aliphatic heterocycles. The molecule has 0 bridgehead atoms. The molecule has 0 aromatic heterocycles. The molecular weight excluding hydrogens is 608 g/mol. The highest BCUT2D eigenvalue weighted by molar-refractivity contribution is 5.66. The van der Waals surface area contributed by atoms with Gasteiger partial charge in [-0.05, 0) is 71.2 Å². The van der Waals surface area contributed by atoms with E-state index in [0.29, 0.717) is 25.2 Å². The van der Waals surface area contributed by atoms with Gasteiger partial charge in [0.2, 0.25) is 0 Å². The third-order valence-electron chi connectivity index (χ3n) is 7.51. The zero-order valence-electron chi connectivity index (χ0n) is 28.7. The molecule has 0 aliphatic carbocycles. The first-order valence-electron chi connectivity index (χ1n) is 16.5. The molecule has 11 nitrogen and oxygen atoms in total. The van der Waals surface area contributed by atoms with Crippen LogP contribution in [0.2, 0.25) is 0 Å². The first-order chi connectivity index (χ1) is 22.2. The molecule has 2 aliphatic rings. The topological polar surface area (TPSA) is 139 Å². The summed E-state index contributed by atoms with van der Waals surface area (Å²) in [6.07, 6.45) is 2.22. The third kappa shape index (κ3) is 13.8. The molecule has 2 fully saturated rings. The maximum atomic E-state index is 11.9. The molecule has 0 saturated carbocycles. The van der Waals surface area contributed by atoms with Gasteiger partial charge in [0.25, 0.3) is 0 Å². The van der Waals surface area contributed by atoms with Gasteiger partial charge < -0.3 is 43.4 Å². The second-order valence-corrected chi connectivity index (χ2v) is 12.9. The van der Waals surface area contributed by atoms with Gasteiger partial charge in [-0.2, -0.15) is 0 Å². The Labute approximate surface area is 278 Å². The second kappa shape index (κ2) is 18.4. The lowest BCUT2D eigenvalue weighted by Crippen LogP contribution is -2.37. The molecule has 47 heavy (non-hydrogen) atoms. The van der Waals surface area contributed by atoms with Crippen LogP contribution in [0.4, 0.5) is 4.79 Å². The van der Waals surface area contributed by atoms with Crippen molar-refractivity contribution in [1.82, 2.24) is 0 Å². The van der Waals surface area contributed by atoms with E-state index in [1.165, 1.54) is 6.92 Å². The van der Waals surface area contributed by atoms with E-state index >= 15 is 0 Å². The number of aromatic hydroxyl groups is 1. The van der Waals surface area contributed by atoms with E-state index in [0.717, 1.165) is 36.8 Å². The number of hydrogen-bond donors (Lipinski definition) is 2. The van der Waals surface area contributed by atoms with Gasteiger partial charge in [0, 0.05) is 37.3 Å². The van der Waals surface area contributed by atoms with E-state index in [4.69, 9.17) is 38.3 Å². The molecule has 262 valence electrons. The summed E-state index contributed by atoms with van der Waals surface area (Å²) in [5.74, 6) is 0.312. The second-order valence-electron chi connectivity index (χ2n) is 12.9. The lowest BCUT2D eigenvalue weighted by atomic mass is 9.99. The standard InChI is InChI=1S/C28H36O8.C8H16O3/c1-5-21-16-24(34-26(32-21)19-6-10-20(29)11-7-19)17-23-14-15-31-25(33-23)18-8-12-22(13-9-18)35-27(30)36-28(2,3)4;1-4-8(10)5-6(2)11-7(3)9/h6-13,21,23-26,29H,5,14-17H2,1-4H3;6,8,10H,4-5H2,1-3H3. The minimum Gasteiger partial charge on any atom is -0.508 e. The van der Waals surface area contributed by atoms with Crippen molar-refractivity contribution in [3.05, 3.63) is 59.7 Å². The fourth-order valence-corrected chi connectivity index (χ4v) is 5.16. The molecule has 0 radical (unpaired) electrons. The monoisotopic (exact) mass is 660 g/mol. The predicted molar refractivity (Wildman–Crippen MR) is 174 cm³/mol. The van der Waals surface area contributed by atoms with Crippen molar-refractivity contribution in [2.75, 3.05) is 6.61 Å². The molecule has 2 heterocycles. The number of aliphatic hydroxyl groups excluding tert-OH is 1. The number of hydrogen-bond acceptors (Lipinski definition) is 11. The number of phenolic OH excluding ortho intramolecular Hbond substituents is 1. The van der Waals surface area contributed by atoms with Crippen LogP contribution in [-0.4, -0.2) is 65.1 Å². The summed E-state index contributed by atoms with van der Waals surface area (Å²) in [4.78, 5) is 22.3. The fourth-order valence-electron chi connectivity index (χ4n) is 5.16. The van der Waals surface area contributed by atoms with Gasteiger partial charge in [-0.1, -0.05) is 38.1 Å². The molecule has 7 atom stereocenters. The van der Waals surface area contributed by atoms with Crippen LogP contribution in [-0.2, 0) is 33.2 Å². The number of carbonyl (C=O) groups is 2. The smallest absolute Gasteiger partial charge is 0.508 e. The van der Waals surface area contributed by atoms with Crippen LogP contribution >= 0.6 is 0 Å². The fraction of sp³-hybridized carbons (Fsp3) is 0.611. The van der Waals surface area contributed by atoms with Gasteiger partial charge in [0.15, 0.2) is 12.6 Å². The Kier molecular flexibility index (Phi) is 14.9. The molecule has 2 saturated heterocycles. The number of benzene rings is 2. The maximum Gasteiger partial charge on any atom is 0.514 e. The Morgan fingerprint density at radius 3 is 2.11 bits per heavy atom. The number of rotatable bonds is 10. The Morgan fingerprint density at radius 1 is 0.915 bits per heavy atom. The third-order valence-corrected chi connectivity index (χ3v) is 7.51. The zero-order chi connectivity index (χ0) is 34.6. The number of ether oxygens (including phenoxy) is 7. The van der Waals surface area contributed by atoms with Crippen molar-refractivity contribution in [2.45, 2.75) is 136 Å². The predicted octanol–water partition coefficient (Wildman–Crippen LogP) is 7.28. The van der Waals surface area contributed by atoms with Crippen molar-refractivity contribution in [3.63, 3.8) is 0 Å². The molecule has 2 aromatic rings. The highest BCUT2D eigenvalue weighted by Gasteiger charge is 2.34. The van der Waals surface area contributed by atoms with Crippen LogP contribution in [0.5, 0.6) is 11.5 Å². The number of esters is 1. The van der Waals surface area contributed by atoms with Gasteiger partial charge in [-0.3, -0.25) is 4.79 Å². The molecule has 11 heteroatoms. The van der Waals surface area contributed by atoms with Crippen molar-refractivity contribution in [3.8, 4) is 11.5 Å². The zero-order valence-corrected chi connectivity index (χ0v) is 28.7. The molecule has 0 spiro atoms. The van der Waals surface area contributed by atoms with Gasteiger partial charge >= 0.3 is 12.1 Å². The first kappa shape index (κ1) is 38.2. The van der Waals surface area contributed by atoms with Crippen molar-refractivity contribution in [1.29, 1.82) is 0 Å². The van der Waals surface area contributed by atoms with Gasteiger partial charge in [-0.15, -0.1) is 0 Å². The Hall–Kier alpha value is -3.22. The summed E-state index contributed by atoms with van der Waals surface area (Å²) in [6, 6.07) is 14.0. The number of carbonyl (C=O) groups excluding carboxylic acids is 2. The molecule has 7 unspecified atom stereocenters. The summed E-state index contributed by atoms with van der Waals surface area (Å²) >= 11 is 0. The van der Waals surface area contributed by atoms with Crippen LogP contribution in [0.1, 0.15) is 111 Å². The van der Waals surface area contributed by atoms with Crippen LogP contribution in [0.25, 0.3) is 0 Å². The minimum atomic E-state index is -0.743. The highest BCUT2D eigenvalue weighted by atomic mass is 16.7. The van der Waals surface area contributed by atoms with Crippen molar-refractivity contribution in [2.24, 2.45) is 0 Å². The Morgan fingerprint density at radius 2 is 1.51 bits per heavy atom. The number of aliphatic hydroxyl groups is 1. The summed E-state index contributed by atoms with van der Waals surface area (Å²) in [6.45, 7) is 13.1. The Balaban J connectivity index is 0.000000468. The van der Waals surface area contributed by atoms with Crippen molar-refractivity contribution >= 4 is 12.1 Å². The van der Waals surface area contributed by atoms with Crippen LogP contribution in [0.3, 0.4) is 0 Å². The van der Waals surface area contributed by atoms with E-state index in [2.05, 4.69) is 6.92 Å². The van der Waals surface area contributed by atoms with Crippen LogP contribution < -0.4 is 4.74 Å². The molecule has 0 amide bonds. The molecule has 2 aromatic carbocycles. The average Bonchev–Trinajstić information content (AvgIpc) is 3.00. The lowest BCUT2D eigenvalue weighted by molar-refractivity contribution is -0.267. The van der Waals surface area contributed by atoms with Gasteiger partial charge in [0.1, 0.15) is 23.2 Å². The van der Waals surface area contributed by atoms with E-state index in [9.17, 15) is 14.7 Å². The van der Waals surface area contributed by atoms with E-state index in [1.807, 2.05) is 31.2 Å². The SMILES string of the molecule is CCC(O)CC(C)OC(C)=O.CCC1CC(CC2CCOC(c3ccc(OC(=O)OC(C)(C)C)cc3)O2)OC(c2ccc(O)cc2)O1. The van der Waals surface area contributed by atoms with Crippen LogP contribution in [0.15, 0.2) is 48.5 Å². The maximum absolute atomic E-state index is 11.9. The van der Waals surface area contributed by atoms with E-state index in [-0.39, 0.29) is 42.2 Å². The van der Waals surface area contributed by atoms with E-state index < -0.39 is 24.3 Å². The average molecular weight is 661 g/mol. The Bertz CT molecular complexity index is 1220. The number of phenols is 1. The molecule has 2 N–H and O–H groups in total. The van der Waals surface area contributed by atoms with Gasteiger partial charge in [-0.25, -0.2) is 4.79 Å². The summed E-state index contributed by atoms with van der Waals surface area (Å²) in [5.41, 5.74) is 1.11. The summed E-state index contributed by atoms with van der Waals surface area (Å²) < 4.78 is 39.8.